The van der Waals surface area contributed by atoms with Gasteiger partial charge in [0.25, 0.3) is 0 Å². The minimum Gasteiger partial charge on any atom is -0.306 e. The van der Waals surface area contributed by atoms with Crippen LogP contribution in [0.4, 0.5) is 28.4 Å². The van der Waals surface area contributed by atoms with Crippen LogP contribution in [0.5, 0.6) is 0 Å². The number of imide groups is 1. The Morgan fingerprint density at radius 2 is 1.74 bits per heavy atom. The standard InChI is InChI=1S/C14H12F3N3O3/c1-18-11-6-10(21)8-4-3-7(14(15,16)17)5-9(8)20(11)13(23)19(2)12(18)22/h3-5,11H,6H2,1-2H3/t11-/m1/s1. The Morgan fingerprint density at radius 3 is 2.35 bits per heavy atom. The molecule has 122 valence electrons. The van der Waals surface area contributed by atoms with Gasteiger partial charge in [-0.05, 0) is 18.2 Å². The van der Waals surface area contributed by atoms with Crippen molar-refractivity contribution in [3.63, 3.8) is 0 Å². The molecule has 0 bridgehead atoms. The third-order valence-corrected chi connectivity index (χ3v) is 4.08. The van der Waals surface area contributed by atoms with Gasteiger partial charge in [0.15, 0.2) is 5.78 Å². The molecule has 1 aromatic rings. The lowest BCUT2D eigenvalue weighted by atomic mass is 9.95. The van der Waals surface area contributed by atoms with Gasteiger partial charge >= 0.3 is 18.2 Å². The number of Topliss-reactive ketones (excluding diaryl/α,β-unsaturated/α-hetero) is 1. The van der Waals surface area contributed by atoms with Gasteiger partial charge in [-0.2, -0.15) is 13.2 Å². The van der Waals surface area contributed by atoms with Crippen molar-refractivity contribution in [3.05, 3.63) is 29.3 Å². The molecule has 2 aliphatic heterocycles. The van der Waals surface area contributed by atoms with Crippen molar-refractivity contribution in [2.75, 3.05) is 19.0 Å². The predicted octanol–water partition coefficient (Wildman–Crippen LogP) is 2.54. The zero-order chi connectivity index (χ0) is 17.1. The van der Waals surface area contributed by atoms with E-state index in [4.69, 9.17) is 0 Å². The van der Waals surface area contributed by atoms with Crippen LogP contribution in [-0.2, 0) is 6.18 Å². The Kier molecular flexibility index (Phi) is 3.13. The van der Waals surface area contributed by atoms with Gasteiger partial charge in [0.1, 0.15) is 6.17 Å². The fourth-order valence-electron chi connectivity index (χ4n) is 2.82. The summed E-state index contributed by atoms with van der Waals surface area (Å²) in [4.78, 5) is 39.5. The highest BCUT2D eigenvalue weighted by molar-refractivity contribution is 6.13. The molecular formula is C14H12F3N3O3. The number of urea groups is 2. The van der Waals surface area contributed by atoms with Gasteiger partial charge in [0.2, 0.25) is 0 Å². The van der Waals surface area contributed by atoms with Gasteiger partial charge in [-0.1, -0.05) is 0 Å². The molecule has 3 rings (SSSR count). The molecule has 0 aliphatic carbocycles. The van der Waals surface area contributed by atoms with E-state index in [9.17, 15) is 27.6 Å². The van der Waals surface area contributed by atoms with Crippen LogP contribution in [0, 0.1) is 0 Å². The van der Waals surface area contributed by atoms with E-state index in [1.807, 2.05) is 0 Å². The van der Waals surface area contributed by atoms with Crippen LogP contribution in [0.2, 0.25) is 0 Å². The van der Waals surface area contributed by atoms with E-state index < -0.39 is 35.8 Å². The van der Waals surface area contributed by atoms with Crippen LogP contribution in [0.25, 0.3) is 0 Å². The van der Waals surface area contributed by atoms with E-state index >= 15 is 0 Å². The number of nitrogens with zero attached hydrogens (tertiary/aromatic N) is 3. The Morgan fingerprint density at radius 1 is 1.09 bits per heavy atom. The van der Waals surface area contributed by atoms with Crippen LogP contribution in [0.1, 0.15) is 22.3 Å². The van der Waals surface area contributed by atoms with Crippen LogP contribution in [0.15, 0.2) is 18.2 Å². The van der Waals surface area contributed by atoms with Crippen LogP contribution < -0.4 is 4.90 Å². The first-order valence-electron chi connectivity index (χ1n) is 6.71. The SMILES string of the molecule is CN1C(=O)N(C)[C@H]2CC(=O)c3ccc(C(F)(F)F)cc3N2C1=O. The van der Waals surface area contributed by atoms with E-state index in [0.29, 0.717) is 0 Å². The number of hydrogen-bond donors (Lipinski definition) is 0. The second kappa shape index (κ2) is 4.71. The van der Waals surface area contributed by atoms with Crippen molar-refractivity contribution in [1.29, 1.82) is 0 Å². The van der Waals surface area contributed by atoms with Crippen molar-refractivity contribution in [2.24, 2.45) is 0 Å². The lowest BCUT2D eigenvalue weighted by Crippen LogP contribution is -2.66. The number of carbonyl (C=O) groups excluding carboxylic acids is 3. The predicted molar refractivity (Wildman–Crippen MR) is 73.0 cm³/mol. The van der Waals surface area contributed by atoms with E-state index in [2.05, 4.69) is 0 Å². The molecule has 23 heavy (non-hydrogen) atoms. The average Bonchev–Trinajstić information content (AvgIpc) is 2.49. The Hall–Kier alpha value is -2.58. The van der Waals surface area contributed by atoms with Crippen molar-refractivity contribution < 1.29 is 27.6 Å². The summed E-state index contributed by atoms with van der Waals surface area (Å²) in [6.07, 6.45) is -5.67. The molecule has 0 radical (unpaired) electrons. The van der Waals surface area contributed by atoms with E-state index in [0.717, 1.165) is 28.0 Å². The zero-order valence-electron chi connectivity index (χ0n) is 12.2. The lowest BCUT2D eigenvalue weighted by molar-refractivity contribution is -0.137. The fraction of sp³-hybridized carbons (Fsp3) is 0.357. The molecule has 4 amide bonds. The molecule has 0 saturated carbocycles. The summed E-state index contributed by atoms with van der Waals surface area (Å²) in [5.74, 6) is -0.410. The maximum absolute atomic E-state index is 12.9. The fourth-order valence-corrected chi connectivity index (χ4v) is 2.82. The van der Waals surface area contributed by atoms with Crippen molar-refractivity contribution >= 4 is 23.5 Å². The summed E-state index contributed by atoms with van der Waals surface area (Å²) in [6.45, 7) is 0. The number of ketones is 1. The maximum atomic E-state index is 12.9. The van der Waals surface area contributed by atoms with E-state index in [1.165, 1.54) is 19.0 Å². The number of hydrogen-bond acceptors (Lipinski definition) is 3. The molecule has 0 spiro atoms. The molecule has 2 aliphatic rings. The first-order chi connectivity index (χ1) is 10.6. The first kappa shape index (κ1) is 15.3. The number of amides is 4. The molecule has 1 atom stereocenters. The summed E-state index contributed by atoms with van der Waals surface area (Å²) in [5, 5.41) is 0. The number of anilines is 1. The first-order valence-corrected chi connectivity index (χ1v) is 6.71. The van der Waals surface area contributed by atoms with Gasteiger partial charge < -0.3 is 4.90 Å². The molecule has 1 saturated heterocycles. The summed E-state index contributed by atoms with van der Waals surface area (Å²) in [5.41, 5.74) is -1.05. The third kappa shape index (κ3) is 2.14. The highest BCUT2D eigenvalue weighted by Crippen LogP contribution is 2.39. The Labute approximate surface area is 129 Å². The molecular weight excluding hydrogens is 315 g/mol. The minimum absolute atomic E-state index is 0.0405. The molecule has 2 heterocycles. The largest absolute Gasteiger partial charge is 0.416 e. The topological polar surface area (TPSA) is 60.9 Å². The molecule has 1 aromatic carbocycles. The molecule has 0 aromatic heterocycles. The number of carbonyl (C=O) groups is 3. The summed E-state index contributed by atoms with van der Waals surface area (Å²) in [7, 11) is 2.63. The number of alkyl halides is 3. The quantitative estimate of drug-likeness (QED) is 0.736. The van der Waals surface area contributed by atoms with Crippen LogP contribution >= 0.6 is 0 Å². The lowest BCUT2D eigenvalue weighted by Gasteiger charge is -2.47. The summed E-state index contributed by atoms with van der Waals surface area (Å²) in [6, 6.07) is 1.28. The number of halogens is 3. The Balaban J connectivity index is 2.18. The second-order valence-corrected chi connectivity index (χ2v) is 5.44. The highest BCUT2D eigenvalue weighted by atomic mass is 19.4. The minimum atomic E-state index is -4.60. The molecule has 9 heteroatoms. The van der Waals surface area contributed by atoms with Crippen LogP contribution in [0.3, 0.4) is 0 Å². The number of rotatable bonds is 0. The summed E-state index contributed by atoms with van der Waals surface area (Å²) >= 11 is 0. The van der Waals surface area contributed by atoms with Gasteiger partial charge in [-0.3, -0.25) is 9.69 Å². The Bertz CT molecular complexity index is 732. The third-order valence-electron chi connectivity index (χ3n) is 4.08. The van der Waals surface area contributed by atoms with Crippen molar-refractivity contribution in [2.45, 2.75) is 18.8 Å². The van der Waals surface area contributed by atoms with Gasteiger partial charge in [0, 0.05) is 19.7 Å². The number of fused-ring (bicyclic) bond motifs is 3. The molecule has 6 nitrogen and oxygen atoms in total. The summed E-state index contributed by atoms with van der Waals surface area (Å²) < 4.78 is 38.8. The van der Waals surface area contributed by atoms with Gasteiger partial charge in [0.05, 0.1) is 17.7 Å². The van der Waals surface area contributed by atoms with Crippen molar-refractivity contribution in [3.8, 4) is 0 Å². The zero-order valence-corrected chi connectivity index (χ0v) is 12.2. The van der Waals surface area contributed by atoms with Gasteiger partial charge in [-0.25, -0.2) is 14.5 Å². The van der Waals surface area contributed by atoms with E-state index in [1.54, 1.807) is 0 Å². The smallest absolute Gasteiger partial charge is 0.306 e. The normalized spacial score (nSPS) is 21.5. The average molecular weight is 327 g/mol. The molecule has 1 fully saturated rings. The molecule has 0 N–H and O–H groups in total. The van der Waals surface area contributed by atoms with Crippen molar-refractivity contribution in [1.82, 2.24) is 9.80 Å². The van der Waals surface area contributed by atoms with Gasteiger partial charge in [-0.15, -0.1) is 0 Å². The van der Waals surface area contributed by atoms with E-state index in [-0.39, 0.29) is 17.7 Å². The number of benzene rings is 1. The maximum Gasteiger partial charge on any atom is 0.416 e. The van der Waals surface area contributed by atoms with Crippen LogP contribution in [-0.4, -0.2) is 47.9 Å². The monoisotopic (exact) mass is 327 g/mol. The molecule has 0 unspecified atom stereocenters. The highest BCUT2D eigenvalue weighted by Gasteiger charge is 2.47. The second-order valence-electron chi connectivity index (χ2n) is 5.44.